The van der Waals surface area contributed by atoms with E-state index in [-0.39, 0.29) is 6.42 Å². The van der Waals surface area contributed by atoms with Crippen LogP contribution in [0.4, 0.5) is 5.82 Å². The van der Waals surface area contributed by atoms with Crippen LogP contribution in [-0.4, -0.2) is 33.5 Å². The number of rotatable bonds is 10. The first-order valence-electron chi connectivity index (χ1n) is 13.0. The van der Waals surface area contributed by atoms with Crippen molar-refractivity contribution in [3.05, 3.63) is 119 Å². The molecule has 0 fully saturated rings. The van der Waals surface area contributed by atoms with Crippen molar-refractivity contribution < 1.29 is 19.4 Å². The number of nitrogens with zero attached hydrogens (tertiary/aromatic N) is 2. The molecule has 0 spiro atoms. The Morgan fingerprint density at radius 2 is 1.77 bits per heavy atom. The molecular weight excluding hydrogens is 504 g/mol. The number of methoxy groups -OCH3 is 1. The molecule has 2 aromatic heterocycles. The summed E-state index contributed by atoms with van der Waals surface area (Å²) in [7, 11) is 1.61. The fourth-order valence-corrected chi connectivity index (χ4v) is 4.72. The third kappa shape index (κ3) is 5.81. The van der Waals surface area contributed by atoms with E-state index in [0.29, 0.717) is 29.2 Å². The number of hydrogen-bond acceptors (Lipinski definition) is 5. The Morgan fingerprint density at radius 1 is 0.975 bits per heavy atom. The monoisotopic (exact) mass is 534 g/mol. The highest BCUT2D eigenvalue weighted by Crippen LogP contribution is 2.32. The smallest absolute Gasteiger partial charge is 0.305 e. The largest absolute Gasteiger partial charge is 0.497 e. The number of carboxylic acid groups (broad SMARTS) is 1. The lowest BCUT2D eigenvalue weighted by atomic mass is 10.0. The highest BCUT2D eigenvalue weighted by molar-refractivity contribution is 6.01. The summed E-state index contributed by atoms with van der Waals surface area (Å²) >= 11 is 0. The molecule has 5 rings (SSSR count). The van der Waals surface area contributed by atoms with Gasteiger partial charge in [-0.3, -0.25) is 14.0 Å². The average molecular weight is 535 g/mol. The quantitative estimate of drug-likeness (QED) is 0.207. The standard InChI is InChI=1S/C32H30N4O4/c1-21-9-6-12-23(17-21)27(19-28(37)38)34-32(39)26-15-8-16-36-30(26)35-29(24-13-7-14-25(18-24)40-2)31(36)33-20-22-10-4-3-5-11-22/h3-18,27,33H,19-20H2,1-2H3,(H,34,39)(H,37,38). The molecule has 0 aliphatic heterocycles. The number of benzene rings is 3. The van der Waals surface area contributed by atoms with Gasteiger partial charge in [-0.25, -0.2) is 4.98 Å². The highest BCUT2D eigenvalue weighted by Gasteiger charge is 2.23. The molecule has 0 bridgehead atoms. The maximum atomic E-state index is 13.6. The van der Waals surface area contributed by atoms with Crippen LogP contribution in [-0.2, 0) is 11.3 Å². The number of amides is 1. The second-order valence-corrected chi connectivity index (χ2v) is 9.53. The number of hydrogen-bond donors (Lipinski definition) is 3. The van der Waals surface area contributed by atoms with E-state index in [0.717, 1.165) is 28.1 Å². The second-order valence-electron chi connectivity index (χ2n) is 9.53. The number of nitrogens with one attached hydrogen (secondary N) is 2. The van der Waals surface area contributed by atoms with Crippen LogP contribution in [0.15, 0.2) is 97.2 Å². The molecule has 2 heterocycles. The molecule has 3 N–H and O–H groups in total. The average Bonchev–Trinajstić information content (AvgIpc) is 3.34. The van der Waals surface area contributed by atoms with E-state index < -0.39 is 17.9 Å². The lowest BCUT2D eigenvalue weighted by Gasteiger charge is -2.18. The first kappa shape index (κ1) is 26.5. The maximum Gasteiger partial charge on any atom is 0.305 e. The summed E-state index contributed by atoms with van der Waals surface area (Å²) in [5.41, 5.74) is 5.08. The van der Waals surface area contributed by atoms with Crippen LogP contribution >= 0.6 is 0 Å². The van der Waals surface area contributed by atoms with Crippen LogP contribution in [0, 0.1) is 6.92 Å². The molecule has 202 valence electrons. The van der Waals surface area contributed by atoms with Gasteiger partial charge in [0, 0.05) is 18.3 Å². The van der Waals surface area contributed by atoms with Gasteiger partial charge in [-0.05, 0) is 42.3 Å². The van der Waals surface area contributed by atoms with Crippen LogP contribution in [0.5, 0.6) is 5.75 Å². The minimum Gasteiger partial charge on any atom is -0.497 e. The van der Waals surface area contributed by atoms with Crippen LogP contribution in [0.1, 0.15) is 39.5 Å². The van der Waals surface area contributed by atoms with Gasteiger partial charge in [-0.15, -0.1) is 0 Å². The van der Waals surface area contributed by atoms with Gasteiger partial charge in [0.05, 0.1) is 25.1 Å². The van der Waals surface area contributed by atoms with E-state index in [4.69, 9.17) is 9.72 Å². The van der Waals surface area contributed by atoms with Gasteiger partial charge in [0.25, 0.3) is 5.91 Å². The molecule has 1 amide bonds. The molecule has 0 aliphatic carbocycles. The number of aryl methyl sites for hydroxylation is 1. The molecule has 3 aromatic carbocycles. The van der Waals surface area contributed by atoms with E-state index >= 15 is 0 Å². The number of ether oxygens (including phenoxy) is 1. The first-order valence-corrected chi connectivity index (χ1v) is 13.0. The van der Waals surface area contributed by atoms with Crippen LogP contribution in [0.3, 0.4) is 0 Å². The Labute approximate surface area is 232 Å². The fraction of sp³-hybridized carbons (Fsp3) is 0.156. The van der Waals surface area contributed by atoms with Gasteiger partial charge in [-0.2, -0.15) is 0 Å². The summed E-state index contributed by atoms with van der Waals surface area (Å²) in [4.78, 5) is 30.2. The summed E-state index contributed by atoms with van der Waals surface area (Å²) in [5.74, 6) is 0.00687. The Bertz CT molecular complexity index is 1660. The first-order chi connectivity index (χ1) is 19.4. The lowest BCUT2D eigenvalue weighted by molar-refractivity contribution is -0.137. The van der Waals surface area contributed by atoms with Crippen molar-refractivity contribution >= 4 is 23.3 Å². The normalized spacial score (nSPS) is 11.7. The molecule has 0 aliphatic rings. The predicted octanol–water partition coefficient (Wildman–Crippen LogP) is 5.88. The molecule has 5 aromatic rings. The second kappa shape index (κ2) is 11.7. The minimum absolute atomic E-state index is 0.244. The van der Waals surface area contributed by atoms with Gasteiger partial charge < -0.3 is 20.5 Å². The molecule has 1 unspecified atom stereocenters. The zero-order valence-electron chi connectivity index (χ0n) is 22.3. The van der Waals surface area contributed by atoms with E-state index in [1.807, 2.05) is 96.4 Å². The van der Waals surface area contributed by atoms with Crippen LogP contribution in [0.2, 0.25) is 0 Å². The summed E-state index contributed by atoms with van der Waals surface area (Å²) in [5, 5.41) is 16.0. The van der Waals surface area contributed by atoms with Gasteiger partial charge in [0.15, 0.2) is 5.65 Å². The number of pyridine rings is 1. The number of carbonyl (C=O) groups excluding carboxylic acids is 1. The maximum absolute atomic E-state index is 13.6. The molecule has 0 radical (unpaired) electrons. The zero-order valence-corrected chi connectivity index (χ0v) is 22.3. The van der Waals surface area contributed by atoms with Crippen LogP contribution < -0.4 is 15.4 Å². The van der Waals surface area contributed by atoms with Gasteiger partial charge >= 0.3 is 5.97 Å². The zero-order chi connectivity index (χ0) is 28.1. The fourth-order valence-electron chi connectivity index (χ4n) is 4.72. The van der Waals surface area contributed by atoms with E-state index in [1.165, 1.54) is 0 Å². The van der Waals surface area contributed by atoms with Crippen molar-refractivity contribution in [2.24, 2.45) is 0 Å². The number of carboxylic acids is 1. The predicted molar refractivity (Wildman–Crippen MR) is 155 cm³/mol. The van der Waals surface area contributed by atoms with E-state index in [1.54, 1.807) is 19.2 Å². The van der Waals surface area contributed by atoms with E-state index in [9.17, 15) is 14.7 Å². The van der Waals surface area contributed by atoms with Crippen LogP contribution in [0.25, 0.3) is 16.9 Å². The van der Waals surface area contributed by atoms with Crippen molar-refractivity contribution in [1.29, 1.82) is 0 Å². The van der Waals surface area contributed by atoms with Gasteiger partial charge in [-0.1, -0.05) is 72.3 Å². The molecule has 8 nitrogen and oxygen atoms in total. The molecular formula is C32H30N4O4. The summed E-state index contributed by atoms with van der Waals surface area (Å²) in [6.07, 6.45) is 1.61. The molecule has 40 heavy (non-hydrogen) atoms. The third-order valence-corrected chi connectivity index (χ3v) is 6.67. The number of aliphatic carboxylic acids is 1. The Kier molecular flexibility index (Phi) is 7.77. The lowest BCUT2D eigenvalue weighted by Crippen LogP contribution is -2.30. The van der Waals surface area contributed by atoms with Crippen molar-refractivity contribution in [3.8, 4) is 17.0 Å². The van der Waals surface area contributed by atoms with Crippen molar-refractivity contribution in [2.75, 3.05) is 12.4 Å². The SMILES string of the molecule is COc1cccc(-c2nc3c(C(=O)NC(CC(=O)O)c4cccc(C)c4)cccn3c2NCc2ccccc2)c1. The summed E-state index contributed by atoms with van der Waals surface area (Å²) < 4.78 is 7.29. The highest BCUT2D eigenvalue weighted by atomic mass is 16.5. The Balaban J connectivity index is 1.56. The Morgan fingerprint density at radius 3 is 2.52 bits per heavy atom. The topological polar surface area (TPSA) is 105 Å². The van der Waals surface area contributed by atoms with Crippen molar-refractivity contribution in [1.82, 2.24) is 14.7 Å². The molecule has 0 saturated carbocycles. The van der Waals surface area contributed by atoms with Gasteiger partial charge in [0.1, 0.15) is 17.3 Å². The number of aromatic nitrogens is 2. The van der Waals surface area contributed by atoms with Gasteiger partial charge in [0.2, 0.25) is 0 Å². The summed E-state index contributed by atoms with van der Waals surface area (Å²) in [6, 6.07) is 27.9. The summed E-state index contributed by atoms with van der Waals surface area (Å²) in [6.45, 7) is 2.48. The van der Waals surface area contributed by atoms with Crippen molar-refractivity contribution in [3.63, 3.8) is 0 Å². The number of fused-ring (bicyclic) bond motifs is 1. The molecule has 1 atom stereocenters. The number of imidazole rings is 1. The third-order valence-electron chi connectivity index (χ3n) is 6.67. The molecule has 8 heteroatoms. The van der Waals surface area contributed by atoms with E-state index in [2.05, 4.69) is 10.6 Å². The Hall–Kier alpha value is -5.11. The minimum atomic E-state index is -1.00. The molecule has 0 saturated heterocycles. The number of anilines is 1. The van der Waals surface area contributed by atoms with Crippen molar-refractivity contribution in [2.45, 2.75) is 25.9 Å². The number of carbonyl (C=O) groups is 2.